The van der Waals surface area contributed by atoms with Crippen molar-refractivity contribution in [1.82, 2.24) is 25.5 Å². The molecule has 19 heavy (non-hydrogen) atoms. The minimum atomic E-state index is -0.167. The number of imidazole rings is 1. The van der Waals surface area contributed by atoms with Crippen LogP contribution in [-0.2, 0) is 17.8 Å². The van der Waals surface area contributed by atoms with Gasteiger partial charge in [0.15, 0.2) is 0 Å². The molecule has 0 aliphatic carbocycles. The summed E-state index contributed by atoms with van der Waals surface area (Å²) in [7, 11) is 2.06. The number of aromatic amines is 1. The summed E-state index contributed by atoms with van der Waals surface area (Å²) in [5.41, 5.74) is 2.08. The molecule has 1 amide bonds. The highest BCUT2D eigenvalue weighted by Crippen LogP contribution is 2.11. The number of H-pyrrole nitrogens is 1. The van der Waals surface area contributed by atoms with Crippen LogP contribution >= 0.6 is 0 Å². The Labute approximate surface area is 114 Å². The molecule has 3 N–H and O–H groups in total. The Morgan fingerprint density at radius 3 is 3.16 bits per heavy atom. The van der Waals surface area contributed by atoms with Crippen LogP contribution in [0.2, 0.25) is 0 Å². The van der Waals surface area contributed by atoms with Crippen LogP contribution in [0.1, 0.15) is 25.2 Å². The third kappa shape index (κ3) is 3.54. The van der Waals surface area contributed by atoms with Gasteiger partial charge in [-0.05, 0) is 20.9 Å². The van der Waals surface area contributed by atoms with Gasteiger partial charge in [-0.1, -0.05) is 0 Å². The molecular formula is C13H23N5O. The fourth-order valence-electron chi connectivity index (χ4n) is 2.09. The number of carbonyl (C=O) groups excluding carboxylic acids is 1. The van der Waals surface area contributed by atoms with E-state index in [1.54, 1.807) is 6.33 Å². The fourth-order valence-corrected chi connectivity index (χ4v) is 2.09. The molecule has 6 heteroatoms. The van der Waals surface area contributed by atoms with Crippen LogP contribution in [0, 0.1) is 0 Å². The van der Waals surface area contributed by atoms with Crippen LogP contribution in [0.15, 0.2) is 6.33 Å². The van der Waals surface area contributed by atoms with Gasteiger partial charge >= 0.3 is 0 Å². The summed E-state index contributed by atoms with van der Waals surface area (Å²) < 4.78 is 0. The van der Waals surface area contributed by atoms with Crippen LogP contribution in [-0.4, -0.2) is 53.0 Å². The molecule has 0 spiro atoms. The number of hydrogen-bond donors (Lipinski definition) is 3. The second-order valence-electron chi connectivity index (χ2n) is 5.33. The van der Waals surface area contributed by atoms with Gasteiger partial charge in [-0.25, -0.2) is 4.98 Å². The van der Waals surface area contributed by atoms with Gasteiger partial charge in [0, 0.05) is 32.1 Å². The highest BCUT2D eigenvalue weighted by Gasteiger charge is 2.25. The van der Waals surface area contributed by atoms with Gasteiger partial charge in [0.05, 0.1) is 23.8 Å². The average molecular weight is 265 g/mol. The molecule has 0 saturated carbocycles. The minimum absolute atomic E-state index is 0.0609. The fraction of sp³-hybridized carbons (Fsp3) is 0.692. The third-order valence-electron chi connectivity index (χ3n) is 3.69. The SMILES string of the molecule is CC(C)N(C)CCNC(=O)C1Cc2nc[nH]c2CN1. The molecule has 0 bridgehead atoms. The van der Waals surface area contributed by atoms with Gasteiger partial charge in [-0.2, -0.15) is 0 Å². The van der Waals surface area contributed by atoms with Crippen molar-refractivity contribution in [1.29, 1.82) is 0 Å². The van der Waals surface area contributed by atoms with Crippen molar-refractivity contribution in [3.05, 3.63) is 17.7 Å². The van der Waals surface area contributed by atoms with E-state index in [-0.39, 0.29) is 11.9 Å². The zero-order valence-corrected chi connectivity index (χ0v) is 11.9. The van der Waals surface area contributed by atoms with E-state index in [0.29, 0.717) is 25.6 Å². The lowest BCUT2D eigenvalue weighted by Crippen LogP contribution is -2.49. The number of likely N-dealkylation sites (N-methyl/N-ethyl adjacent to an activating group) is 1. The number of fused-ring (bicyclic) bond motifs is 1. The molecule has 0 aromatic carbocycles. The lowest BCUT2D eigenvalue weighted by Gasteiger charge is -2.24. The summed E-state index contributed by atoms with van der Waals surface area (Å²) in [5, 5.41) is 6.21. The largest absolute Gasteiger partial charge is 0.353 e. The van der Waals surface area contributed by atoms with Crippen molar-refractivity contribution in [3.63, 3.8) is 0 Å². The zero-order valence-electron chi connectivity index (χ0n) is 11.9. The number of carbonyl (C=O) groups is 1. The van der Waals surface area contributed by atoms with E-state index in [9.17, 15) is 4.79 Å². The molecule has 6 nitrogen and oxygen atoms in total. The molecule has 2 rings (SSSR count). The van der Waals surface area contributed by atoms with Crippen LogP contribution in [0.25, 0.3) is 0 Å². The Kier molecular flexibility index (Phi) is 4.55. The summed E-state index contributed by atoms with van der Waals surface area (Å²) in [6, 6.07) is 0.330. The minimum Gasteiger partial charge on any atom is -0.353 e. The Morgan fingerprint density at radius 2 is 2.42 bits per heavy atom. The van der Waals surface area contributed by atoms with Gasteiger partial charge in [0.1, 0.15) is 0 Å². The lowest BCUT2D eigenvalue weighted by molar-refractivity contribution is -0.123. The number of aromatic nitrogens is 2. The topological polar surface area (TPSA) is 73.0 Å². The molecule has 0 saturated heterocycles. The summed E-state index contributed by atoms with van der Waals surface area (Å²) >= 11 is 0. The number of nitrogens with zero attached hydrogens (tertiary/aromatic N) is 2. The van der Waals surface area contributed by atoms with Gasteiger partial charge in [-0.3, -0.25) is 10.1 Å². The average Bonchev–Trinajstić information content (AvgIpc) is 2.85. The van der Waals surface area contributed by atoms with E-state index >= 15 is 0 Å². The maximum atomic E-state index is 12.1. The van der Waals surface area contributed by atoms with E-state index in [2.05, 4.69) is 46.4 Å². The van der Waals surface area contributed by atoms with Crippen molar-refractivity contribution < 1.29 is 4.79 Å². The first-order chi connectivity index (χ1) is 9.08. The van der Waals surface area contributed by atoms with Crippen LogP contribution < -0.4 is 10.6 Å². The van der Waals surface area contributed by atoms with Gasteiger partial charge < -0.3 is 15.2 Å². The Hall–Kier alpha value is -1.40. The molecule has 0 radical (unpaired) electrons. The van der Waals surface area contributed by atoms with Crippen molar-refractivity contribution >= 4 is 5.91 Å². The molecule has 1 aromatic rings. The predicted octanol–water partition coefficient (Wildman–Crippen LogP) is -0.120. The molecular weight excluding hydrogens is 242 g/mol. The van der Waals surface area contributed by atoms with E-state index in [4.69, 9.17) is 0 Å². The highest BCUT2D eigenvalue weighted by molar-refractivity contribution is 5.82. The van der Waals surface area contributed by atoms with Gasteiger partial charge in [0.25, 0.3) is 0 Å². The number of amides is 1. The zero-order chi connectivity index (χ0) is 13.8. The van der Waals surface area contributed by atoms with Gasteiger partial charge in [-0.15, -0.1) is 0 Å². The molecule has 0 fully saturated rings. The lowest BCUT2D eigenvalue weighted by atomic mass is 10.0. The third-order valence-corrected chi connectivity index (χ3v) is 3.69. The van der Waals surface area contributed by atoms with E-state index in [1.165, 1.54) is 0 Å². The molecule has 1 aromatic heterocycles. The van der Waals surface area contributed by atoms with Crippen molar-refractivity contribution in [3.8, 4) is 0 Å². The second-order valence-corrected chi connectivity index (χ2v) is 5.33. The monoisotopic (exact) mass is 265 g/mol. The standard InChI is InChI=1S/C13H23N5O/c1-9(2)18(3)5-4-14-13(19)11-6-10-12(7-15-11)17-8-16-10/h8-9,11,15H,4-7H2,1-3H3,(H,14,19)(H,16,17). The number of rotatable bonds is 5. The summed E-state index contributed by atoms with van der Waals surface area (Å²) in [4.78, 5) is 21.6. The normalized spacial score (nSPS) is 18.7. The van der Waals surface area contributed by atoms with E-state index < -0.39 is 0 Å². The number of nitrogens with one attached hydrogen (secondary N) is 3. The van der Waals surface area contributed by atoms with E-state index in [0.717, 1.165) is 17.9 Å². The maximum Gasteiger partial charge on any atom is 0.237 e. The molecule has 106 valence electrons. The second kappa shape index (κ2) is 6.16. The van der Waals surface area contributed by atoms with Crippen LogP contribution in [0.3, 0.4) is 0 Å². The molecule has 1 unspecified atom stereocenters. The summed E-state index contributed by atoms with van der Waals surface area (Å²) in [6.07, 6.45) is 2.34. The first-order valence-corrected chi connectivity index (χ1v) is 6.80. The Bertz CT molecular complexity index is 428. The smallest absolute Gasteiger partial charge is 0.237 e. The molecule has 1 aliphatic rings. The van der Waals surface area contributed by atoms with Crippen LogP contribution in [0.5, 0.6) is 0 Å². The van der Waals surface area contributed by atoms with Crippen molar-refractivity contribution in [2.24, 2.45) is 0 Å². The quantitative estimate of drug-likeness (QED) is 0.694. The Balaban J connectivity index is 1.76. The molecule has 1 aliphatic heterocycles. The van der Waals surface area contributed by atoms with E-state index in [1.807, 2.05) is 0 Å². The Morgan fingerprint density at radius 1 is 1.63 bits per heavy atom. The highest BCUT2D eigenvalue weighted by atomic mass is 16.2. The molecule has 2 heterocycles. The predicted molar refractivity (Wildman–Crippen MR) is 73.7 cm³/mol. The first-order valence-electron chi connectivity index (χ1n) is 6.80. The summed E-state index contributed by atoms with van der Waals surface area (Å²) in [6.45, 7) is 6.51. The van der Waals surface area contributed by atoms with Gasteiger partial charge in [0.2, 0.25) is 5.91 Å². The van der Waals surface area contributed by atoms with Crippen molar-refractivity contribution in [2.45, 2.75) is 38.9 Å². The molecule has 1 atom stereocenters. The van der Waals surface area contributed by atoms with Crippen molar-refractivity contribution in [2.75, 3.05) is 20.1 Å². The number of hydrogen-bond acceptors (Lipinski definition) is 4. The first kappa shape index (κ1) is 14.0. The van der Waals surface area contributed by atoms with Crippen LogP contribution in [0.4, 0.5) is 0 Å². The summed E-state index contributed by atoms with van der Waals surface area (Å²) in [5.74, 6) is 0.0609. The maximum absolute atomic E-state index is 12.1.